The van der Waals surface area contributed by atoms with Gasteiger partial charge >= 0.3 is 5.97 Å². The van der Waals surface area contributed by atoms with Gasteiger partial charge in [0.05, 0.1) is 18.4 Å². The van der Waals surface area contributed by atoms with Crippen LogP contribution >= 0.6 is 0 Å². The van der Waals surface area contributed by atoms with Gasteiger partial charge in [0.25, 0.3) is 0 Å². The third-order valence-electron chi connectivity index (χ3n) is 4.96. The number of esters is 1. The minimum absolute atomic E-state index is 0.0984. The SMILES string of the molecule is C[C@@H]1/C=C/C(=O)[C@H](O)[C@@H](O)C/C=C/c2cc(NOC[C@H](O)CO)cc(O)c2C(=O)O[C@H]1C. The van der Waals surface area contributed by atoms with E-state index in [1.165, 1.54) is 30.4 Å². The minimum Gasteiger partial charge on any atom is -0.507 e. The van der Waals surface area contributed by atoms with E-state index in [1.807, 2.05) is 0 Å². The number of anilines is 1. The lowest BCUT2D eigenvalue weighted by Gasteiger charge is -2.20. The Labute approximate surface area is 185 Å². The van der Waals surface area contributed by atoms with Crippen molar-refractivity contribution in [1.29, 1.82) is 0 Å². The maximum Gasteiger partial charge on any atom is 0.342 e. The van der Waals surface area contributed by atoms with Gasteiger partial charge in [0.15, 0.2) is 5.78 Å². The smallest absolute Gasteiger partial charge is 0.342 e. The standard InChI is InChI=1S/C22H29NO9/c1-12-6-7-18(27)21(29)17(26)5-3-4-14-8-15(23-31-11-16(25)10-24)9-19(28)20(14)22(30)32-13(12)2/h3-4,6-9,12-13,16-17,21,23-26,28-29H,5,10-11H2,1-2H3/b4-3+,7-6+/t12-,13+,16-,17+,21-/m1/s1. The molecule has 1 aliphatic rings. The predicted octanol–water partition coefficient (Wildman–Crippen LogP) is 0.534. The van der Waals surface area contributed by atoms with Crippen LogP contribution in [0.25, 0.3) is 6.08 Å². The van der Waals surface area contributed by atoms with Gasteiger partial charge in [-0.1, -0.05) is 25.2 Å². The van der Waals surface area contributed by atoms with Crippen molar-refractivity contribution in [2.24, 2.45) is 5.92 Å². The van der Waals surface area contributed by atoms with Gasteiger partial charge in [0.2, 0.25) is 0 Å². The van der Waals surface area contributed by atoms with Crippen LogP contribution in [0.3, 0.4) is 0 Å². The molecule has 1 heterocycles. The van der Waals surface area contributed by atoms with Gasteiger partial charge < -0.3 is 30.3 Å². The Morgan fingerprint density at radius 3 is 2.62 bits per heavy atom. The first kappa shape index (κ1) is 25.5. The molecule has 2 rings (SSSR count). The van der Waals surface area contributed by atoms with Crippen LogP contribution in [0.2, 0.25) is 0 Å². The summed E-state index contributed by atoms with van der Waals surface area (Å²) in [4.78, 5) is 29.9. The summed E-state index contributed by atoms with van der Waals surface area (Å²) in [5, 5.41) is 48.8. The van der Waals surface area contributed by atoms with Gasteiger partial charge in [0.1, 0.15) is 36.2 Å². The molecule has 10 heteroatoms. The molecule has 0 bridgehead atoms. The van der Waals surface area contributed by atoms with Crippen LogP contribution in [0.15, 0.2) is 30.4 Å². The number of fused-ring (bicyclic) bond motifs is 1. The zero-order valence-electron chi connectivity index (χ0n) is 17.8. The van der Waals surface area contributed by atoms with E-state index in [4.69, 9.17) is 14.7 Å². The van der Waals surface area contributed by atoms with Gasteiger partial charge in [-0.25, -0.2) is 4.79 Å². The number of phenolic OH excluding ortho intramolecular Hbond substituents is 1. The lowest BCUT2D eigenvalue weighted by molar-refractivity contribution is -0.127. The maximum absolute atomic E-state index is 12.8. The first-order valence-electron chi connectivity index (χ1n) is 10.1. The molecule has 5 atom stereocenters. The number of benzene rings is 1. The van der Waals surface area contributed by atoms with Gasteiger partial charge in [-0.3, -0.25) is 15.1 Å². The van der Waals surface area contributed by atoms with E-state index in [9.17, 15) is 30.0 Å². The van der Waals surface area contributed by atoms with Crippen LogP contribution < -0.4 is 5.48 Å². The summed E-state index contributed by atoms with van der Waals surface area (Å²) in [6.07, 6.45) is 0.654. The molecule has 0 saturated heterocycles. The summed E-state index contributed by atoms with van der Waals surface area (Å²) in [6, 6.07) is 2.69. The number of aliphatic hydroxyl groups excluding tert-OH is 4. The quantitative estimate of drug-likeness (QED) is 0.275. The largest absolute Gasteiger partial charge is 0.507 e. The number of phenols is 1. The number of hydrogen-bond donors (Lipinski definition) is 6. The van der Waals surface area contributed by atoms with E-state index in [0.717, 1.165) is 6.08 Å². The highest BCUT2D eigenvalue weighted by Gasteiger charge is 2.25. The van der Waals surface area contributed by atoms with Crippen molar-refractivity contribution in [2.45, 2.75) is 44.7 Å². The summed E-state index contributed by atoms with van der Waals surface area (Å²) in [5.41, 5.74) is 2.85. The molecule has 0 spiro atoms. The van der Waals surface area contributed by atoms with E-state index < -0.39 is 48.5 Å². The van der Waals surface area contributed by atoms with Crippen LogP contribution in [0, 0.1) is 5.92 Å². The Morgan fingerprint density at radius 1 is 1.22 bits per heavy atom. The van der Waals surface area contributed by atoms with Crippen LogP contribution in [0.4, 0.5) is 5.69 Å². The highest BCUT2D eigenvalue weighted by molar-refractivity contribution is 5.97. The second-order valence-corrected chi connectivity index (χ2v) is 7.59. The molecule has 0 amide bonds. The number of aliphatic hydroxyl groups is 4. The van der Waals surface area contributed by atoms with Gasteiger partial charge in [-0.2, -0.15) is 0 Å². The Bertz CT molecular complexity index is 867. The number of carbonyl (C=O) groups excluding carboxylic acids is 2. The van der Waals surface area contributed by atoms with Crippen molar-refractivity contribution in [2.75, 3.05) is 18.7 Å². The van der Waals surface area contributed by atoms with E-state index in [2.05, 4.69) is 5.48 Å². The highest BCUT2D eigenvalue weighted by atomic mass is 16.6. The van der Waals surface area contributed by atoms with E-state index in [1.54, 1.807) is 13.8 Å². The van der Waals surface area contributed by atoms with Crippen LogP contribution in [0.5, 0.6) is 5.75 Å². The summed E-state index contributed by atoms with van der Waals surface area (Å²) >= 11 is 0. The molecule has 176 valence electrons. The first-order valence-corrected chi connectivity index (χ1v) is 10.1. The fourth-order valence-corrected chi connectivity index (χ4v) is 2.83. The Hall–Kier alpha value is -2.76. The number of carbonyl (C=O) groups is 2. The summed E-state index contributed by atoms with van der Waals surface area (Å²) in [6.45, 7) is 2.61. The molecule has 0 aliphatic carbocycles. The predicted molar refractivity (Wildman–Crippen MR) is 115 cm³/mol. The van der Waals surface area contributed by atoms with Crippen molar-refractivity contribution in [3.8, 4) is 5.75 Å². The summed E-state index contributed by atoms with van der Waals surface area (Å²) < 4.78 is 5.45. The van der Waals surface area contributed by atoms with Crippen molar-refractivity contribution in [1.82, 2.24) is 0 Å². The average molecular weight is 451 g/mol. The molecule has 6 N–H and O–H groups in total. The zero-order valence-corrected chi connectivity index (χ0v) is 17.8. The second-order valence-electron chi connectivity index (χ2n) is 7.59. The van der Waals surface area contributed by atoms with Crippen molar-refractivity contribution in [3.63, 3.8) is 0 Å². The molecule has 0 saturated carbocycles. The molecule has 10 nitrogen and oxygen atoms in total. The molecule has 0 aromatic heterocycles. The van der Waals surface area contributed by atoms with E-state index in [0.29, 0.717) is 0 Å². The molecule has 0 unspecified atom stereocenters. The molecule has 0 radical (unpaired) electrons. The number of cyclic esters (lactones) is 1. The van der Waals surface area contributed by atoms with Gasteiger partial charge in [0, 0.05) is 12.0 Å². The Balaban J connectivity index is 2.39. The average Bonchev–Trinajstić information content (AvgIpc) is 2.75. The summed E-state index contributed by atoms with van der Waals surface area (Å²) in [7, 11) is 0. The topological polar surface area (TPSA) is 166 Å². The van der Waals surface area contributed by atoms with E-state index >= 15 is 0 Å². The molecule has 0 fully saturated rings. The molecule has 1 aromatic carbocycles. The van der Waals surface area contributed by atoms with Crippen LogP contribution in [-0.4, -0.2) is 74.9 Å². The van der Waals surface area contributed by atoms with Crippen LogP contribution in [0.1, 0.15) is 36.2 Å². The number of hydrogen-bond acceptors (Lipinski definition) is 10. The molecular formula is C22H29NO9. The minimum atomic E-state index is -1.61. The lowest BCUT2D eigenvalue weighted by atomic mass is 9.99. The van der Waals surface area contributed by atoms with Gasteiger partial charge in [-0.15, -0.1) is 0 Å². The molecular weight excluding hydrogens is 422 g/mol. The third-order valence-corrected chi connectivity index (χ3v) is 4.96. The number of ether oxygens (including phenoxy) is 1. The third kappa shape index (κ3) is 6.87. The van der Waals surface area contributed by atoms with Gasteiger partial charge in [-0.05, 0) is 31.1 Å². The Kier molecular flexibility index (Phi) is 9.36. The molecule has 32 heavy (non-hydrogen) atoms. The molecule has 1 aliphatic heterocycles. The number of aromatic hydroxyl groups is 1. The normalized spacial score (nSPS) is 27.6. The lowest BCUT2D eigenvalue weighted by Crippen LogP contribution is -2.32. The fourth-order valence-electron chi connectivity index (χ4n) is 2.83. The fraction of sp³-hybridized carbons (Fsp3) is 0.455. The van der Waals surface area contributed by atoms with E-state index in [-0.39, 0.29) is 35.8 Å². The van der Waals surface area contributed by atoms with Crippen molar-refractivity contribution >= 4 is 23.5 Å². The van der Waals surface area contributed by atoms with Crippen LogP contribution in [-0.2, 0) is 14.4 Å². The number of rotatable bonds is 5. The van der Waals surface area contributed by atoms with Crippen molar-refractivity contribution < 1.29 is 44.7 Å². The number of ketones is 1. The zero-order chi connectivity index (χ0) is 23.8. The Morgan fingerprint density at radius 2 is 1.94 bits per heavy atom. The monoisotopic (exact) mass is 451 g/mol. The molecule has 1 aromatic rings. The van der Waals surface area contributed by atoms with Crippen molar-refractivity contribution in [3.05, 3.63) is 41.5 Å². The number of nitrogens with one attached hydrogen (secondary N) is 1. The maximum atomic E-state index is 12.8. The first-order chi connectivity index (χ1) is 15.1. The second kappa shape index (κ2) is 11.7. The highest BCUT2D eigenvalue weighted by Crippen LogP contribution is 2.30. The summed E-state index contributed by atoms with van der Waals surface area (Å²) in [5.74, 6) is -2.24.